The number of carbonyl (C=O) groups is 1. The van der Waals surface area contributed by atoms with Gasteiger partial charge in [-0.05, 0) is 29.8 Å². The maximum absolute atomic E-state index is 12.6. The highest BCUT2D eigenvalue weighted by molar-refractivity contribution is 9.10. The summed E-state index contributed by atoms with van der Waals surface area (Å²) in [6.45, 7) is -0.380. The van der Waals surface area contributed by atoms with Gasteiger partial charge >= 0.3 is 5.97 Å². The third kappa shape index (κ3) is 3.32. The van der Waals surface area contributed by atoms with Gasteiger partial charge in [0.05, 0.1) is 11.0 Å². The van der Waals surface area contributed by atoms with Crippen LogP contribution < -0.4 is 5.56 Å². The third-order valence-corrected chi connectivity index (χ3v) is 4.03. The average molecular weight is 373 g/mol. The Labute approximate surface area is 140 Å². The molecule has 0 aliphatic heterocycles. The van der Waals surface area contributed by atoms with Gasteiger partial charge in [0.15, 0.2) is 0 Å². The second kappa shape index (κ2) is 6.34. The molecule has 0 radical (unpaired) electrons. The molecule has 0 saturated carbocycles. The minimum atomic E-state index is -1.06. The van der Waals surface area contributed by atoms with Gasteiger partial charge in [0, 0.05) is 10.9 Å². The van der Waals surface area contributed by atoms with Crippen LogP contribution in [-0.4, -0.2) is 20.6 Å². The molecule has 0 amide bonds. The van der Waals surface area contributed by atoms with Crippen LogP contribution in [0.3, 0.4) is 0 Å². The lowest BCUT2D eigenvalue weighted by Gasteiger charge is -2.10. The normalized spacial score (nSPS) is 10.8. The molecule has 0 fully saturated rings. The Morgan fingerprint density at radius 2 is 1.83 bits per heavy atom. The topological polar surface area (TPSA) is 72.2 Å². The monoisotopic (exact) mass is 372 g/mol. The summed E-state index contributed by atoms with van der Waals surface area (Å²) in [5, 5.41) is 9.08. The van der Waals surface area contributed by atoms with Crippen molar-refractivity contribution in [3.8, 4) is 0 Å². The Morgan fingerprint density at radius 1 is 1.13 bits per heavy atom. The van der Waals surface area contributed by atoms with Crippen molar-refractivity contribution < 1.29 is 9.90 Å². The van der Waals surface area contributed by atoms with Crippen molar-refractivity contribution in [3.63, 3.8) is 0 Å². The fraction of sp³-hybridized carbons (Fsp3) is 0.118. The van der Waals surface area contributed by atoms with E-state index in [1.807, 2.05) is 30.3 Å². The summed E-state index contributed by atoms with van der Waals surface area (Å²) in [7, 11) is 0. The Kier molecular flexibility index (Phi) is 4.25. The van der Waals surface area contributed by atoms with Crippen LogP contribution in [-0.2, 0) is 17.8 Å². The van der Waals surface area contributed by atoms with Crippen molar-refractivity contribution in [3.05, 3.63) is 74.6 Å². The summed E-state index contributed by atoms with van der Waals surface area (Å²) in [4.78, 5) is 28.1. The van der Waals surface area contributed by atoms with Crippen LogP contribution in [0.25, 0.3) is 11.0 Å². The first kappa shape index (κ1) is 15.4. The Morgan fingerprint density at radius 3 is 2.52 bits per heavy atom. The molecule has 0 bridgehead atoms. The molecule has 6 heteroatoms. The van der Waals surface area contributed by atoms with E-state index >= 15 is 0 Å². The first-order valence-corrected chi connectivity index (χ1v) is 7.78. The van der Waals surface area contributed by atoms with Gasteiger partial charge in [0.1, 0.15) is 12.2 Å². The summed E-state index contributed by atoms with van der Waals surface area (Å²) in [5.41, 5.74) is 2.05. The molecule has 0 unspecified atom stereocenters. The summed E-state index contributed by atoms with van der Waals surface area (Å²) >= 11 is 3.37. The minimum Gasteiger partial charge on any atom is -0.480 e. The molecule has 0 aliphatic rings. The second-order valence-electron chi connectivity index (χ2n) is 5.14. The number of hydrogen-bond acceptors (Lipinski definition) is 3. The fourth-order valence-corrected chi connectivity index (χ4v) is 2.71. The lowest BCUT2D eigenvalue weighted by molar-refractivity contribution is -0.137. The molecule has 23 heavy (non-hydrogen) atoms. The molecule has 1 heterocycles. The van der Waals surface area contributed by atoms with Crippen LogP contribution >= 0.6 is 15.9 Å². The summed E-state index contributed by atoms with van der Waals surface area (Å²) in [6, 6.07) is 14.7. The number of nitrogens with zero attached hydrogens (tertiary/aromatic N) is 2. The number of hydrogen-bond donors (Lipinski definition) is 1. The van der Waals surface area contributed by atoms with E-state index in [1.54, 1.807) is 18.2 Å². The van der Waals surface area contributed by atoms with Crippen molar-refractivity contribution in [1.29, 1.82) is 0 Å². The molecule has 116 valence electrons. The highest BCUT2D eigenvalue weighted by atomic mass is 79.9. The fourth-order valence-electron chi connectivity index (χ4n) is 2.45. The van der Waals surface area contributed by atoms with Crippen LogP contribution in [0.4, 0.5) is 0 Å². The lowest BCUT2D eigenvalue weighted by atomic mass is 10.1. The summed E-state index contributed by atoms with van der Waals surface area (Å²) in [6.07, 6.45) is 0.358. The van der Waals surface area contributed by atoms with Gasteiger partial charge in [-0.15, -0.1) is 0 Å². The van der Waals surface area contributed by atoms with E-state index in [-0.39, 0.29) is 12.1 Å². The van der Waals surface area contributed by atoms with Gasteiger partial charge < -0.3 is 5.11 Å². The number of rotatable bonds is 4. The molecular weight excluding hydrogens is 360 g/mol. The van der Waals surface area contributed by atoms with Gasteiger partial charge in [0.25, 0.3) is 5.56 Å². The third-order valence-electron chi connectivity index (χ3n) is 3.50. The molecule has 1 N–H and O–H groups in total. The van der Waals surface area contributed by atoms with Crippen LogP contribution in [0, 0.1) is 0 Å². The highest BCUT2D eigenvalue weighted by Gasteiger charge is 2.13. The molecule has 0 atom stereocenters. The van der Waals surface area contributed by atoms with Gasteiger partial charge in [0.2, 0.25) is 0 Å². The zero-order valence-corrected chi connectivity index (χ0v) is 13.7. The standard InChI is InChI=1S/C17H13BrN2O3/c18-12-7-5-11(6-8-12)9-14-17(23)20(10-16(21)22)15-4-2-1-3-13(15)19-14/h1-8H,9-10H2,(H,21,22). The van der Waals surface area contributed by atoms with Crippen LogP contribution in [0.15, 0.2) is 57.8 Å². The number of benzene rings is 2. The minimum absolute atomic E-state index is 0.340. The quantitative estimate of drug-likeness (QED) is 0.764. The van der Waals surface area contributed by atoms with Gasteiger partial charge in [-0.1, -0.05) is 40.2 Å². The highest BCUT2D eigenvalue weighted by Crippen LogP contribution is 2.14. The molecule has 0 spiro atoms. The number of halogens is 1. The van der Waals surface area contributed by atoms with Gasteiger partial charge in [-0.3, -0.25) is 14.2 Å². The van der Waals surface area contributed by atoms with Crippen molar-refractivity contribution in [2.75, 3.05) is 0 Å². The Bertz CT molecular complexity index is 933. The van der Waals surface area contributed by atoms with E-state index < -0.39 is 5.97 Å². The van der Waals surface area contributed by atoms with Crippen LogP contribution in [0.2, 0.25) is 0 Å². The molecule has 5 nitrogen and oxygen atoms in total. The van der Waals surface area contributed by atoms with E-state index in [2.05, 4.69) is 20.9 Å². The van der Waals surface area contributed by atoms with E-state index in [4.69, 9.17) is 5.11 Å². The number of fused-ring (bicyclic) bond motifs is 1. The molecule has 2 aromatic carbocycles. The molecular formula is C17H13BrN2O3. The molecule has 3 rings (SSSR count). The van der Waals surface area contributed by atoms with Crippen molar-refractivity contribution in [1.82, 2.24) is 9.55 Å². The number of para-hydroxylation sites is 2. The molecule has 3 aromatic rings. The van der Waals surface area contributed by atoms with Crippen molar-refractivity contribution >= 4 is 32.9 Å². The van der Waals surface area contributed by atoms with E-state index in [1.165, 1.54) is 4.57 Å². The van der Waals surface area contributed by atoms with Crippen molar-refractivity contribution in [2.24, 2.45) is 0 Å². The van der Waals surface area contributed by atoms with Gasteiger partial charge in [-0.25, -0.2) is 4.98 Å². The predicted molar refractivity (Wildman–Crippen MR) is 90.6 cm³/mol. The Balaban J connectivity index is 2.13. The molecule has 0 saturated heterocycles. The zero-order chi connectivity index (χ0) is 16.4. The van der Waals surface area contributed by atoms with Crippen LogP contribution in [0.1, 0.15) is 11.3 Å². The Hall–Kier alpha value is -2.47. The smallest absolute Gasteiger partial charge is 0.323 e. The SMILES string of the molecule is O=C(O)Cn1c(=O)c(Cc2ccc(Br)cc2)nc2ccccc21. The lowest BCUT2D eigenvalue weighted by Crippen LogP contribution is -2.28. The van der Waals surface area contributed by atoms with E-state index in [0.29, 0.717) is 23.1 Å². The number of carboxylic acid groups (broad SMARTS) is 1. The maximum atomic E-state index is 12.6. The molecule has 0 aliphatic carbocycles. The first-order chi connectivity index (χ1) is 11.0. The number of aromatic nitrogens is 2. The average Bonchev–Trinajstić information content (AvgIpc) is 2.53. The van der Waals surface area contributed by atoms with Gasteiger partial charge in [-0.2, -0.15) is 0 Å². The largest absolute Gasteiger partial charge is 0.480 e. The van der Waals surface area contributed by atoms with Crippen molar-refractivity contribution in [2.45, 2.75) is 13.0 Å². The number of aliphatic carboxylic acids is 1. The first-order valence-electron chi connectivity index (χ1n) is 6.99. The summed E-state index contributed by atoms with van der Waals surface area (Å²) in [5.74, 6) is -1.06. The van der Waals surface area contributed by atoms with Crippen LogP contribution in [0.5, 0.6) is 0 Å². The maximum Gasteiger partial charge on any atom is 0.323 e. The predicted octanol–water partition coefficient (Wildman–Crippen LogP) is 2.83. The van der Waals surface area contributed by atoms with E-state index in [0.717, 1.165) is 10.0 Å². The molecule has 1 aromatic heterocycles. The second-order valence-corrected chi connectivity index (χ2v) is 6.05. The van der Waals surface area contributed by atoms with E-state index in [9.17, 15) is 9.59 Å². The zero-order valence-electron chi connectivity index (χ0n) is 12.1. The number of carboxylic acids is 1. The summed E-state index contributed by atoms with van der Waals surface area (Å²) < 4.78 is 2.22.